The molecule has 0 saturated heterocycles. The van der Waals surface area contributed by atoms with E-state index in [1.54, 1.807) is 0 Å². The lowest BCUT2D eigenvalue weighted by atomic mass is 9.70. The molecule has 2 fully saturated rings. The van der Waals surface area contributed by atoms with E-state index in [0.29, 0.717) is 18.8 Å². The number of rotatable bonds is 9. The van der Waals surface area contributed by atoms with Crippen molar-refractivity contribution in [1.82, 2.24) is 0 Å². The monoisotopic (exact) mass is 360 g/mol. The third-order valence-corrected chi connectivity index (χ3v) is 6.99. The molecule has 0 heterocycles. The first-order chi connectivity index (χ1) is 12.0. The van der Waals surface area contributed by atoms with Crippen molar-refractivity contribution in [3.63, 3.8) is 0 Å². The summed E-state index contributed by atoms with van der Waals surface area (Å²) in [5.74, 6) is 1.53. The van der Waals surface area contributed by atoms with Gasteiger partial charge in [0.1, 0.15) is 0 Å². The van der Waals surface area contributed by atoms with E-state index in [1.165, 1.54) is 57.8 Å². The Labute approximate surface area is 153 Å². The number of hydrogen-bond acceptors (Lipinski definition) is 0. The highest BCUT2D eigenvalue weighted by molar-refractivity contribution is 4.80. The molecule has 0 aromatic heterocycles. The Morgan fingerprint density at radius 3 is 1.96 bits per heavy atom. The zero-order valence-electron chi connectivity index (χ0n) is 16.3. The molecule has 0 bridgehead atoms. The maximum atomic E-state index is 13.2. The van der Waals surface area contributed by atoms with E-state index in [-0.39, 0.29) is 0 Å². The van der Waals surface area contributed by atoms with Crippen molar-refractivity contribution < 1.29 is 13.2 Å². The molecule has 0 aliphatic heterocycles. The number of hydrogen-bond donors (Lipinski definition) is 0. The van der Waals surface area contributed by atoms with E-state index >= 15 is 0 Å². The van der Waals surface area contributed by atoms with E-state index in [9.17, 15) is 13.2 Å². The minimum atomic E-state index is -3.99. The molecule has 0 spiro atoms. The first kappa shape index (κ1) is 21.1. The van der Waals surface area contributed by atoms with E-state index in [4.69, 9.17) is 0 Å². The summed E-state index contributed by atoms with van der Waals surface area (Å²) in [4.78, 5) is 0. The smallest absolute Gasteiger partial charge is 0.171 e. The van der Waals surface area contributed by atoms with Crippen molar-refractivity contribution in [2.24, 2.45) is 23.7 Å². The fraction of sp³-hybridized carbons (Fsp3) is 1.00. The zero-order chi connectivity index (χ0) is 18.1. The van der Waals surface area contributed by atoms with Gasteiger partial charge in [-0.1, -0.05) is 84.0 Å². The van der Waals surface area contributed by atoms with Crippen molar-refractivity contribution in [3.8, 4) is 0 Å². The summed E-state index contributed by atoms with van der Waals surface area (Å²) in [7, 11) is 0. The predicted octanol–water partition coefficient (Wildman–Crippen LogP) is 8.30. The average Bonchev–Trinajstić information content (AvgIpc) is 2.61. The third kappa shape index (κ3) is 7.51. The van der Waals surface area contributed by atoms with Crippen LogP contribution in [-0.4, -0.2) is 6.18 Å². The number of halogens is 3. The first-order valence-electron chi connectivity index (χ1n) is 11.1. The van der Waals surface area contributed by atoms with Gasteiger partial charge in [-0.25, -0.2) is 0 Å². The maximum Gasteiger partial charge on any atom is 0.391 e. The average molecular weight is 361 g/mol. The highest BCUT2D eigenvalue weighted by Crippen LogP contribution is 2.41. The standard InChI is InChI=1S/C22H39F3/c1-2-3-5-12-21(22(23,24)25)13-8-9-18-14-16-20(17-15-18)19-10-6-4-7-11-19/h18-21H,2-17H2,1H3/t18-,20-,21?. The van der Waals surface area contributed by atoms with Crippen molar-refractivity contribution in [2.75, 3.05) is 0 Å². The molecule has 2 aliphatic rings. The zero-order valence-corrected chi connectivity index (χ0v) is 16.3. The molecule has 0 N–H and O–H groups in total. The Kier molecular flexibility index (Phi) is 9.13. The molecule has 1 unspecified atom stereocenters. The SMILES string of the molecule is CCCCCC(CCC[C@H]1CC[C@H](C2CCCCC2)CC1)C(F)(F)F. The van der Waals surface area contributed by atoms with Crippen LogP contribution in [0.1, 0.15) is 110 Å². The van der Waals surface area contributed by atoms with Gasteiger partial charge in [0.05, 0.1) is 5.92 Å². The van der Waals surface area contributed by atoms with Crippen molar-refractivity contribution >= 4 is 0 Å². The summed E-state index contributed by atoms with van der Waals surface area (Å²) >= 11 is 0. The van der Waals surface area contributed by atoms with Crippen molar-refractivity contribution in [1.29, 1.82) is 0 Å². The van der Waals surface area contributed by atoms with Gasteiger partial charge in [-0.3, -0.25) is 0 Å². The molecule has 1 atom stereocenters. The van der Waals surface area contributed by atoms with Crippen LogP contribution in [-0.2, 0) is 0 Å². The van der Waals surface area contributed by atoms with Crippen LogP contribution in [0.2, 0.25) is 0 Å². The Bertz CT molecular complexity index is 336. The van der Waals surface area contributed by atoms with Gasteiger partial charge in [0.25, 0.3) is 0 Å². The van der Waals surface area contributed by atoms with E-state index < -0.39 is 12.1 Å². The largest absolute Gasteiger partial charge is 0.391 e. The predicted molar refractivity (Wildman–Crippen MR) is 99.6 cm³/mol. The summed E-state index contributed by atoms with van der Waals surface area (Å²) in [6.45, 7) is 2.05. The van der Waals surface area contributed by atoms with Gasteiger partial charge >= 0.3 is 6.18 Å². The van der Waals surface area contributed by atoms with Crippen LogP contribution in [0.4, 0.5) is 13.2 Å². The summed E-state index contributed by atoms with van der Waals surface area (Å²) in [6, 6.07) is 0. The number of unbranched alkanes of at least 4 members (excludes halogenated alkanes) is 2. The van der Waals surface area contributed by atoms with Crippen LogP contribution in [0.15, 0.2) is 0 Å². The molecule has 0 aromatic carbocycles. The van der Waals surface area contributed by atoms with Crippen molar-refractivity contribution in [3.05, 3.63) is 0 Å². The molecule has 0 nitrogen and oxygen atoms in total. The highest BCUT2D eigenvalue weighted by Gasteiger charge is 2.38. The Morgan fingerprint density at radius 1 is 0.760 bits per heavy atom. The van der Waals surface area contributed by atoms with Gasteiger partial charge in [-0.15, -0.1) is 0 Å². The lowest BCUT2D eigenvalue weighted by Gasteiger charge is -2.36. The minimum absolute atomic E-state index is 0.339. The maximum absolute atomic E-state index is 13.2. The Hall–Kier alpha value is -0.210. The molecular weight excluding hydrogens is 321 g/mol. The molecule has 148 valence electrons. The summed E-state index contributed by atoms with van der Waals surface area (Å²) in [5.41, 5.74) is 0. The first-order valence-corrected chi connectivity index (χ1v) is 11.1. The van der Waals surface area contributed by atoms with E-state index in [1.807, 2.05) is 6.92 Å². The highest BCUT2D eigenvalue weighted by atomic mass is 19.4. The van der Waals surface area contributed by atoms with Crippen LogP contribution in [0.5, 0.6) is 0 Å². The van der Waals surface area contributed by atoms with Gasteiger partial charge in [-0.05, 0) is 43.4 Å². The van der Waals surface area contributed by atoms with Crippen molar-refractivity contribution in [2.45, 2.75) is 116 Å². The minimum Gasteiger partial charge on any atom is -0.171 e. The van der Waals surface area contributed by atoms with E-state index in [2.05, 4.69) is 0 Å². The molecule has 0 amide bonds. The summed E-state index contributed by atoms with van der Waals surface area (Å²) < 4.78 is 39.5. The fourth-order valence-corrected chi connectivity index (χ4v) is 5.32. The van der Waals surface area contributed by atoms with Gasteiger partial charge in [0.15, 0.2) is 0 Å². The normalized spacial score (nSPS) is 27.4. The van der Waals surface area contributed by atoms with E-state index in [0.717, 1.165) is 43.9 Å². The molecule has 2 aliphatic carbocycles. The quantitative estimate of drug-likeness (QED) is 0.363. The summed E-state index contributed by atoms with van der Waals surface area (Å²) in [6.07, 6.45) is 13.5. The van der Waals surface area contributed by atoms with Gasteiger partial charge in [0, 0.05) is 0 Å². The Morgan fingerprint density at radius 2 is 1.36 bits per heavy atom. The molecular formula is C22H39F3. The lowest BCUT2D eigenvalue weighted by Crippen LogP contribution is -2.25. The van der Waals surface area contributed by atoms with Gasteiger partial charge < -0.3 is 0 Å². The van der Waals surface area contributed by atoms with Crippen LogP contribution in [0.25, 0.3) is 0 Å². The topological polar surface area (TPSA) is 0 Å². The summed E-state index contributed by atoms with van der Waals surface area (Å²) in [5, 5.41) is 0. The Balaban J connectivity index is 1.63. The van der Waals surface area contributed by atoms with Crippen LogP contribution < -0.4 is 0 Å². The van der Waals surface area contributed by atoms with Crippen LogP contribution in [0.3, 0.4) is 0 Å². The molecule has 3 heteroatoms. The van der Waals surface area contributed by atoms with Crippen LogP contribution in [0, 0.1) is 23.7 Å². The second kappa shape index (κ2) is 10.8. The van der Waals surface area contributed by atoms with Gasteiger partial charge in [-0.2, -0.15) is 13.2 Å². The number of alkyl halides is 3. The molecule has 25 heavy (non-hydrogen) atoms. The molecule has 2 saturated carbocycles. The molecule has 2 rings (SSSR count). The second-order valence-electron chi connectivity index (χ2n) is 8.84. The van der Waals surface area contributed by atoms with Gasteiger partial charge in [0.2, 0.25) is 0 Å². The third-order valence-electron chi connectivity index (χ3n) is 6.99. The lowest BCUT2D eigenvalue weighted by molar-refractivity contribution is -0.178. The fourth-order valence-electron chi connectivity index (χ4n) is 5.32. The second-order valence-corrected chi connectivity index (χ2v) is 8.84. The van der Waals surface area contributed by atoms with Crippen LogP contribution >= 0.6 is 0 Å². The molecule has 0 radical (unpaired) electrons. The molecule has 0 aromatic rings.